The van der Waals surface area contributed by atoms with Gasteiger partial charge >= 0.3 is 0 Å². The molecule has 0 bridgehead atoms. The van der Waals surface area contributed by atoms with Crippen LogP contribution in [0.3, 0.4) is 0 Å². The number of hydrogen-bond donors (Lipinski definition) is 2. The van der Waals surface area contributed by atoms with E-state index in [0.717, 1.165) is 30.0 Å². The standard InChI is InChI=1S/C14H20N2OS/c1-14(2,8-5-9-17)10-15-13-16-11-6-3-4-7-12(11)18-13/h3-4,6-7,17H,5,8-10H2,1-2H3,(H,15,16). The summed E-state index contributed by atoms with van der Waals surface area (Å²) in [6, 6.07) is 8.18. The highest BCUT2D eigenvalue weighted by atomic mass is 32.1. The van der Waals surface area contributed by atoms with Gasteiger partial charge in [-0.05, 0) is 30.4 Å². The van der Waals surface area contributed by atoms with Crippen molar-refractivity contribution in [2.24, 2.45) is 5.41 Å². The molecule has 0 aliphatic heterocycles. The minimum Gasteiger partial charge on any atom is -0.396 e. The molecule has 0 aliphatic rings. The highest BCUT2D eigenvalue weighted by Gasteiger charge is 2.17. The fourth-order valence-corrected chi connectivity index (χ4v) is 2.77. The Hall–Kier alpha value is -1.13. The highest BCUT2D eigenvalue weighted by Crippen LogP contribution is 2.28. The Morgan fingerprint density at radius 1 is 1.33 bits per heavy atom. The van der Waals surface area contributed by atoms with E-state index >= 15 is 0 Å². The number of para-hydroxylation sites is 1. The number of benzene rings is 1. The van der Waals surface area contributed by atoms with Crippen molar-refractivity contribution in [2.45, 2.75) is 26.7 Å². The molecule has 0 spiro atoms. The van der Waals surface area contributed by atoms with Crippen LogP contribution in [-0.4, -0.2) is 23.2 Å². The zero-order valence-electron chi connectivity index (χ0n) is 10.9. The largest absolute Gasteiger partial charge is 0.396 e. The van der Waals surface area contributed by atoms with E-state index < -0.39 is 0 Å². The average molecular weight is 264 g/mol. The maximum absolute atomic E-state index is 8.88. The van der Waals surface area contributed by atoms with Crippen LogP contribution in [0.2, 0.25) is 0 Å². The predicted octanol–water partition coefficient (Wildman–Crippen LogP) is 3.51. The number of nitrogens with zero attached hydrogens (tertiary/aromatic N) is 1. The minimum atomic E-state index is 0.181. The van der Waals surface area contributed by atoms with Crippen LogP contribution >= 0.6 is 11.3 Å². The molecular weight excluding hydrogens is 244 g/mol. The molecule has 1 aromatic heterocycles. The summed E-state index contributed by atoms with van der Waals surface area (Å²) < 4.78 is 1.22. The maximum atomic E-state index is 8.88. The molecule has 2 N–H and O–H groups in total. The second-order valence-electron chi connectivity index (χ2n) is 5.33. The van der Waals surface area contributed by atoms with Gasteiger partial charge in [-0.2, -0.15) is 0 Å². The molecule has 2 aromatic rings. The van der Waals surface area contributed by atoms with Crippen LogP contribution in [0.5, 0.6) is 0 Å². The molecule has 98 valence electrons. The Morgan fingerprint density at radius 2 is 2.11 bits per heavy atom. The van der Waals surface area contributed by atoms with Gasteiger partial charge in [0.15, 0.2) is 5.13 Å². The zero-order chi connectivity index (χ0) is 13.0. The van der Waals surface area contributed by atoms with Crippen molar-refractivity contribution in [3.8, 4) is 0 Å². The fraction of sp³-hybridized carbons (Fsp3) is 0.500. The van der Waals surface area contributed by atoms with Crippen LogP contribution in [0, 0.1) is 5.41 Å². The lowest BCUT2D eigenvalue weighted by Gasteiger charge is -2.24. The first-order valence-corrected chi connectivity index (χ1v) is 7.13. The first-order chi connectivity index (χ1) is 8.61. The van der Waals surface area contributed by atoms with Gasteiger partial charge in [-0.3, -0.25) is 0 Å². The number of aromatic nitrogens is 1. The number of aliphatic hydroxyl groups is 1. The first kappa shape index (κ1) is 13.3. The Bertz CT molecular complexity index is 474. The SMILES string of the molecule is CC(C)(CCCO)CNc1nc2ccccc2s1. The number of anilines is 1. The quantitative estimate of drug-likeness (QED) is 0.839. The van der Waals surface area contributed by atoms with Crippen molar-refractivity contribution in [1.29, 1.82) is 0 Å². The van der Waals surface area contributed by atoms with E-state index in [0.29, 0.717) is 0 Å². The molecular formula is C14H20N2OS. The van der Waals surface area contributed by atoms with Crippen molar-refractivity contribution in [3.05, 3.63) is 24.3 Å². The second kappa shape index (κ2) is 5.67. The normalized spacial score (nSPS) is 11.9. The number of hydrogen-bond acceptors (Lipinski definition) is 4. The molecule has 0 unspecified atom stereocenters. The van der Waals surface area contributed by atoms with Gasteiger partial charge in [0.05, 0.1) is 10.2 Å². The monoisotopic (exact) mass is 264 g/mol. The van der Waals surface area contributed by atoms with Gasteiger partial charge in [0.1, 0.15) is 0 Å². The van der Waals surface area contributed by atoms with E-state index in [-0.39, 0.29) is 12.0 Å². The summed E-state index contributed by atoms with van der Waals surface area (Å²) in [6.07, 6.45) is 1.87. The fourth-order valence-electron chi connectivity index (χ4n) is 1.91. The van der Waals surface area contributed by atoms with E-state index in [1.807, 2.05) is 18.2 Å². The van der Waals surface area contributed by atoms with Crippen LogP contribution < -0.4 is 5.32 Å². The van der Waals surface area contributed by atoms with E-state index in [9.17, 15) is 0 Å². The van der Waals surface area contributed by atoms with Gasteiger partial charge in [-0.1, -0.05) is 37.3 Å². The average Bonchev–Trinajstić information content (AvgIpc) is 2.77. The molecule has 0 saturated heterocycles. The summed E-state index contributed by atoms with van der Waals surface area (Å²) in [7, 11) is 0. The smallest absolute Gasteiger partial charge is 0.183 e. The highest BCUT2D eigenvalue weighted by molar-refractivity contribution is 7.22. The van der Waals surface area contributed by atoms with Crippen molar-refractivity contribution in [2.75, 3.05) is 18.5 Å². The molecule has 2 rings (SSSR count). The number of nitrogens with one attached hydrogen (secondary N) is 1. The molecule has 0 atom stereocenters. The molecule has 0 radical (unpaired) electrons. The van der Waals surface area contributed by atoms with E-state index in [2.05, 4.69) is 30.2 Å². The van der Waals surface area contributed by atoms with Crippen LogP contribution in [0.25, 0.3) is 10.2 Å². The maximum Gasteiger partial charge on any atom is 0.183 e. The molecule has 3 nitrogen and oxygen atoms in total. The summed E-state index contributed by atoms with van der Waals surface area (Å²) in [6.45, 7) is 5.57. The Labute approximate surface area is 112 Å². The second-order valence-corrected chi connectivity index (χ2v) is 6.36. The number of aliphatic hydroxyl groups excluding tert-OH is 1. The summed E-state index contributed by atoms with van der Waals surface area (Å²) in [5, 5.41) is 13.3. The molecule has 1 aromatic carbocycles. The molecule has 18 heavy (non-hydrogen) atoms. The summed E-state index contributed by atoms with van der Waals surface area (Å²) in [5.74, 6) is 0. The van der Waals surface area contributed by atoms with Crippen LogP contribution in [0.15, 0.2) is 24.3 Å². The van der Waals surface area contributed by atoms with E-state index in [1.165, 1.54) is 4.70 Å². The lowest BCUT2D eigenvalue weighted by atomic mass is 9.88. The van der Waals surface area contributed by atoms with Crippen molar-refractivity contribution in [3.63, 3.8) is 0 Å². The molecule has 0 amide bonds. The Morgan fingerprint density at radius 3 is 2.83 bits per heavy atom. The first-order valence-electron chi connectivity index (χ1n) is 6.31. The number of rotatable bonds is 6. The van der Waals surface area contributed by atoms with Gasteiger partial charge in [0, 0.05) is 13.2 Å². The van der Waals surface area contributed by atoms with E-state index in [4.69, 9.17) is 5.11 Å². The Kier molecular flexibility index (Phi) is 4.19. The third-order valence-corrected chi connectivity index (χ3v) is 4.02. The number of thiazole rings is 1. The predicted molar refractivity (Wildman–Crippen MR) is 78.2 cm³/mol. The van der Waals surface area contributed by atoms with E-state index in [1.54, 1.807) is 11.3 Å². The molecule has 0 aliphatic carbocycles. The lowest BCUT2D eigenvalue weighted by Crippen LogP contribution is -2.23. The molecule has 0 saturated carbocycles. The molecule has 4 heteroatoms. The van der Waals surface area contributed by atoms with Gasteiger partial charge in [-0.15, -0.1) is 0 Å². The van der Waals surface area contributed by atoms with Gasteiger partial charge in [-0.25, -0.2) is 4.98 Å². The third kappa shape index (κ3) is 3.43. The van der Waals surface area contributed by atoms with Gasteiger partial charge in [0.2, 0.25) is 0 Å². The molecule has 1 heterocycles. The summed E-state index contributed by atoms with van der Waals surface area (Å²) in [4.78, 5) is 4.55. The summed E-state index contributed by atoms with van der Waals surface area (Å²) in [5.41, 5.74) is 1.23. The van der Waals surface area contributed by atoms with Crippen molar-refractivity contribution < 1.29 is 5.11 Å². The van der Waals surface area contributed by atoms with Crippen molar-refractivity contribution in [1.82, 2.24) is 4.98 Å². The number of fused-ring (bicyclic) bond motifs is 1. The van der Waals surface area contributed by atoms with Crippen LogP contribution in [0.4, 0.5) is 5.13 Å². The van der Waals surface area contributed by atoms with Crippen LogP contribution in [0.1, 0.15) is 26.7 Å². The van der Waals surface area contributed by atoms with Gasteiger partial charge in [0.25, 0.3) is 0 Å². The molecule has 0 fully saturated rings. The van der Waals surface area contributed by atoms with Crippen molar-refractivity contribution >= 4 is 26.7 Å². The third-order valence-electron chi connectivity index (χ3n) is 3.02. The zero-order valence-corrected chi connectivity index (χ0v) is 11.8. The van der Waals surface area contributed by atoms with Gasteiger partial charge < -0.3 is 10.4 Å². The lowest BCUT2D eigenvalue weighted by molar-refractivity contribution is 0.248. The topological polar surface area (TPSA) is 45.1 Å². The minimum absolute atomic E-state index is 0.181. The Balaban J connectivity index is 1.97. The van der Waals surface area contributed by atoms with Crippen LogP contribution in [-0.2, 0) is 0 Å². The summed E-state index contributed by atoms with van der Waals surface area (Å²) >= 11 is 1.69.